The lowest BCUT2D eigenvalue weighted by Crippen LogP contribution is -2.42. The summed E-state index contributed by atoms with van der Waals surface area (Å²) in [5, 5.41) is 14.5. The van der Waals surface area contributed by atoms with Crippen LogP contribution in [0.3, 0.4) is 0 Å². The summed E-state index contributed by atoms with van der Waals surface area (Å²) in [4.78, 5) is 31.8. The minimum atomic E-state index is -0.607. The van der Waals surface area contributed by atoms with Gasteiger partial charge in [-0.3, -0.25) is 19.5 Å². The molecule has 0 spiro atoms. The molecule has 1 aliphatic heterocycles. The second-order valence-corrected chi connectivity index (χ2v) is 8.31. The second kappa shape index (κ2) is 9.65. The normalized spacial score (nSPS) is 14.9. The van der Waals surface area contributed by atoms with E-state index in [0.717, 1.165) is 16.2 Å². The van der Waals surface area contributed by atoms with Gasteiger partial charge >= 0.3 is 0 Å². The van der Waals surface area contributed by atoms with Crippen molar-refractivity contribution in [2.24, 2.45) is 0 Å². The standard InChI is InChI=1S/C29H21N5O2/c1-20-25(28(35)33(29(36)26(20)16-30)18-21-9-8-14-31-17-21)15-23-19-34(24-12-6-3-7-13-24)32-27(23)22-10-4-2-5-11-22/h2-15,17,19H,18H2,1H3/b25-15+. The first-order valence-corrected chi connectivity index (χ1v) is 11.4. The van der Waals surface area contributed by atoms with Crippen molar-refractivity contribution < 1.29 is 9.59 Å². The van der Waals surface area contributed by atoms with Crippen molar-refractivity contribution in [3.05, 3.63) is 119 Å². The molecule has 4 aromatic rings. The van der Waals surface area contributed by atoms with E-state index in [4.69, 9.17) is 5.10 Å². The van der Waals surface area contributed by atoms with E-state index in [9.17, 15) is 14.9 Å². The Labute approximate surface area is 208 Å². The topological polar surface area (TPSA) is 91.9 Å². The molecule has 0 saturated carbocycles. The zero-order chi connectivity index (χ0) is 25.1. The van der Waals surface area contributed by atoms with E-state index in [1.165, 1.54) is 0 Å². The summed E-state index contributed by atoms with van der Waals surface area (Å²) in [5.41, 5.74) is 4.39. The third-order valence-electron chi connectivity index (χ3n) is 6.00. The number of hydrogen-bond acceptors (Lipinski definition) is 5. The molecule has 0 unspecified atom stereocenters. The van der Waals surface area contributed by atoms with Gasteiger partial charge in [0.25, 0.3) is 11.8 Å². The lowest BCUT2D eigenvalue weighted by Gasteiger charge is -2.27. The molecule has 7 heteroatoms. The third kappa shape index (κ3) is 4.24. The number of carbonyl (C=O) groups excluding carboxylic acids is 2. The minimum Gasteiger partial charge on any atom is -0.269 e. The molecule has 0 N–H and O–H groups in total. The van der Waals surface area contributed by atoms with Crippen LogP contribution in [0.1, 0.15) is 18.1 Å². The molecular formula is C29H21N5O2. The first-order chi connectivity index (χ1) is 17.6. The van der Waals surface area contributed by atoms with Crippen molar-refractivity contribution in [1.82, 2.24) is 19.7 Å². The van der Waals surface area contributed by atoms with E-state index in [-0.39, 0.29) is 17.7 Å². The highest BCUT2D eigenvalue weighted by Gasteiger charge is 2.35. The maximum Gasteiger partial charge on any atom is 0.271 e. The Morgan fingerprint density at radius 3 is 2.33 bits per heavy atom. The molecule has 2 aromatic heterocycles. The molecular weight excluding hydrogens is 450 g/mol. The highest BCUT2D eigenvalue weighted by atomic mass is 16.2. The Bertz CT molecular complexity index is 1550. The predicted molar refractivity (Wildman–Crippen MR) is 135 cm³/mol. The lowest BCUT2D eigenvalue weighted by atomic mass is 9.93. The monoisotopic (exact) mass is 471 g/mol. The smallest absolute Gasteiger partial charge is 0.269 e. The van der Waals surface area contributed by atoms with Gasteiger partial charge in [-0.25, -0.2) is 4.68 Å². The highest BCUT2D eigenvalue weighted by molar-refractivity contribution is 6.19. The molecule has 0 atom stereocenters. The Hall–Kier alpha value is -5.09. The van der Waals surface area contributed by atoms with E-state index < -0.39 is 11.8 Å². The molecule has 0 fully saturated rings. The van der Waals surface area contributed by atoms with Gasteiger partial charge in [-0.1, -0.05) is 54.6 Å². The molecule has 0 saturated heterocycles. The van der Waals surface area contributed by atoms with E-state index in [2.05, 4.69) is 4.98 Å². The van der Waals surface area contributed by atoms with E-state index in [1.54, 1.807) is 42.2 Å². The molecule has 2 amide bonds. The van der Waals surface area contributed by atoms with Crippen molar-refractivity contribution in [2.75, 3.05) is 0 Å². The molecule has 3 heterocycles. The van der Waals surface area contributed by atoms with E-state index >= 15 is 0 Å². The highest BCUT2D eigenvalue weighted by Crippen LogP contribution is 2.31. The van der Waals surface area contributed by atoms with Crippen molar-refractivity contribution >= 4 is 17.9 Å². The number of nitrogens with zero attached hydrogens (tertiary/aromatic N) is 5. The summed E-state index contributed by atoms with van der Waals surface area (Å²) in [6.07, 6.45) is 6.78. The Kier molecular flexibility index (Phi) is 6.08. The molecule has 174 valence electrons. The van der Waals surface area contributed by atoms with Crippen molar-refractivity contribution in [3.8, 4) is 23.0 Å². The van der Waals surface area contributed by atoms with Crippen LogP contribution in [-0.4, -0.2) is 31.5 Å². The van der Waals surface area contributed by atoms with Crippen molar-refractivity contribution in [2.45, 2.75) is 13.5 Å². The molecule has 0 radical (unpaired) electrons. The number of hydrogen-bond donors (Lipinski definition) is 0. The summed E-state index contributed by atoms with van der Waals surface area (Å²) in [5.74, 6) is -1.07. The van der Waals surface area contributed by atoms with Gasteiger partial charge in [-0.15, -0.1) is 0 Å². The number of pyridine rings is 1. The minimum absolute atomic E-state index is 0.0239. The summed E-state index contributed by atoms with van der Waals surface area (Å²) >= 11 is 0. The van der Waals surface area contributed by atoms with Gasteiger partial charge in [0.05, 0.1) is 17.9 Å². The predicted octanol–water partition coefficient (Wildman–Crippen LogP) is 4.73. The van der Waals surface area contributed by atoms with Crippen LogP contribution >= 0.6 is 0 Å². The van der Waals surface area contributed by atoms with Gasteiger partial charge in [0.2, 0.25) is 0 Å². The van der Waals surface area contributed by atoms with Crippen LogP contribution in [-0.2, 0) is 16.1 Å². The number of amides is 2. The molecule has 0 bridgehead atoms. The van der Waals surface area contributed by atoms with Crippen LogP contribution in [0.5, 0.6) is 0 Å². The van der Waals surface area contributed by atoms with Crippen LogP contribution in [0.25, 0.3) is 23.0 Å². The first kappa shape index (κ1) is 22.7. The van der Waals surface area contributed by atoms with Gasteiger partial charge in [-0.05, 0) is 42.3 Å². The van der Waals surface area contributed by atoms with Crippen LogP contribution in [0.4, 0.5) is 0 Å². The number of carbonyl (C=O) groups is 2. The number of para-hydroxylation sites is 1. The maximum absolute atomic E-state index is 13.6. The third-order valence-corrected chi connectivity index (χ3v) is 6.00. The van der Waals surface area contributed by atoms with Gasteiger partial charge < -0.3 is 0 Å². The van der Waals surface area contributed by atoms with Crippen LogP contribution in [0, 0.1) is 11.3 Å². The zero-order valence-electron chi connectivity index (χ0n) is 19.5. The Morgan fingerprint density at radius 1 is 0.944 bits per heavy atom. The number of nitriles is 1. The molecule has 36 heavy (non-hydrogen) atoms. The van der Waals surface area contributed by atoms with Gasteiger partial charge in [0.15, 0.2) is 0 Å². The second-order valence-electron chi connectivity index (χ2n) is 8.31. The van der Waals surface area contributed by atoms with Crippen LogP contribution in [0.2, 0.25) is 0 Å². The number of rotatable bonds is 5. The number of aromatic nitrogens is 3. The molecule has 1 aliphatic rings. The summed E-state index contributed by atoms with van der Waals surface area (Å²) in [6, 6.07) is 24.8. The summed E-state index contributed by atoms with van der Waals surface area (Å²) < 4.78 is 1.75. The van der Waals surface area contributed by atoms with E-state index in [0.29, 0.717) is 22.4 Å². The number of benzene rings is 2. The fourth-order valence-corrected chi connectivity index (χ4v) is 4.13. The largest absolute Gasteiger partial charge is 0.271 e. The summed E-state index contributed by atoms with van der Waals surface area (Å²) in [6.45, 7) is 1.65. The lowest BCUT2D eigenvalue weighted by molar-refractivity contribution is -0.141. The maximum atomic E-state index is 13.6. The zero-order valence-corrected chi connectivity index (χ0v) is 19.5. The van der Waals surface area contributed by atoms with Crippen LogP contribution < -0.4 is 0 Å². The van der Waals surface area contributed by atoms with E-state index in [1.807, 2.05) is 72.9 Å². The summed E-state index contributed by atoms with van der Waals surface area (Å²) in [7, 11) is 0. The first-order valence-electron chi connectivity index (χ1n) is 11.4. The van der Waals surface area contributed by atoms with Gasteiger partial charge in [0.1, 0.15) is 11.6 Å². The van der Waals surface area contributed by atoms with Gasteiger partial charge in [-0.2, -0.15) is 10.4 Å². The molecule has 2 aromatic carbocycles. The average molecular weight is 472 g/mol. The SMILES string of the molecule is CC1=C(C#N)C(=O)N(Cc2cccnc2)C(=O)/C1=C/c1cn(-c2ccccc2)nc1-c1ccccc1. The molecule has 7 nitrogen and oxygen atoms in total. The van der Waals surface area contributed by atoms with Crippen molar-refractivity contribution in [1.29, 1.82) is 5.26 Å². The fraction of sp³-hybridized carbons (Fsp3) is 0.0690. The van der Waals surface area contributed by atoms with Gasteiger partial charge in [0, 0.05) is 35.3 Å². The quantitative estimate of drug-likeness (QED) is 0.310. The molecule has 5 rings (SSSR count). The molecule has 0 aliphatic carbocycles. The number of imide groups is 1. The Morgan fingerprint density at radius 2 is 1.67 bits per heavy atom. The fourth-order valence-electron chi connectivity index (χ4n) is 4.13. The van der Waals surface area contributed by atoms with Crippen LogP contribution in [0.15, 0.2) is 108 Å². The Balaban J connectivity index is 1.65. The van der Waals surface area contributed by atoms with Crippen molar-refractivity contribution in [3.63, 3.8) is 0 Å². The average Bonchev–Trinajstić information content (AvgIpc) is 3.35.